The van der Waals surface area contributed by atoms with E-state index in [1.54, 1.807) is 24.3 Å². The van der Waals surface area contributed by atoms with Crippen LogP contribution in [0.25, 0.3) is 11.5 Å². The number of benzene rings is 2. The summed E-state index contributed by atoms with van der Waals surface area (Å²) in [4.78, 5) is 12.7. The number of carbonyl (C=O) groups is 1. The molecule has 7 heteroatoms. The first-order chi connectivity index (χ1) is 12.1. The number of nitrogens with one attached hydrogen (secondary N) is 1. The zero-order valence-electron chi connectivity index (χ0n) is 14.1. The van der Waals surface area contributed by atoms with Gasteiger partial charge in [0.05, 0.1) is 19.8 Å². The van der Waals surface area contributed by atoms with Gasteiger partial charge in [-0.05, 0) is 36.8 Å². The van der Waals surface area contributed by atoms with Gasteiger partial charge < -0.3 is 19.2 Å². The zero-order valence-corrected chi connectivity index (χ0v) is 14.1. The van der Waals surface area contributed by atoms with Crippen molar-refractivity contribution in [2.75, 3.05) is 19.5 Å². The molecule has 1 aromatic heterocycles. The van der Waals surface area contributed by atoms with Crippen LogP contribution in [0.3, 0.4) is 0 Å². The van der Waals surface area contributed by atoms with Crippen molar-refractivity contribution in [2.24, 2.45) is 0 Å². The van der Waals surface area contributed by atoms with Crippen molar-refractivity contribution in [1.29, 1.82) is 0 Å². The van der Waals surface area contributed by atoms with Crippen molar-refractivity contribution >= 4 is 11.6 Å². The van der Waals surface area contributed by atoms with Crippen LogP contribution in [0.15, 0.2) is 47.2 Å². The molecule has 0 aliphatic rings. The molecule has 3 aromatic rings. The second-order valence-corrected chi connectivity index (χ2v) is 5.27. The van der Waals surface area contributed by atoms with Crippen LogP contribution in [0.4, 0.5) is 5.69 Å². The van der Waals surface area contributed by atoms with E-state index in [1.807, 2.05) is 19.1 Å². The van der Waals surface area contributed by atoms with Gasteiger partial charge in [0.1, 0.15) is 0 Å². The number of aryl methyl sites for hydroxylation is 1. The maximum Gasteiger partial charge on any atom is 0.259 e. The lowest BCUT2D eigenvalue weighted by Crippen LogP contribution is -2.14. The maximum absolute atomic E-state index is 12.7. The third-order valence-corrected chi connectivity index (χ3v) is 3.74. The molecule has 0 aliphatic heterocycles. The normalized spacial score (nSPS) is 10.4. The zero-order chi connectivity index (χ0) is 17.8. The van der Waals surface area contributed by atoms with E-state index in [0.29, 0.717) is 28.6 Å². The summed E-state index contributed by atoms with van der Waals surface area (Å²) < 4.78 is 15.8. The lowest BCUT2D eigenvalue weighted by Gasteiger charge is -2.14. The summed E-state index contributed by atoms with van der Waals surface area (Å²) >= 11 is 0. The Hall–Kier alpha value is -3.35. The summed E-state index contributed by atoms with van der Waals surface area (Å²) in [5, 5.41) is 10.4. The van der Waals surface area contributed by atoms with Crippen molar-refractivity contribution in [3.63, 3.8) is 0 Å². The first-order valence-electron chi connectivity index (χ1n) is 7.53. The average molecular weight is 339 g/mol. The number of para-hydroxylation sites is 1. The predicted octanol–water partition coefficient (Wildman–Crippen LogP) is 3.31. The third kappa shape index (κ3) is 3.30. The van der Waals surface area contributed by atoms with Crippen molar-refractivity contribution in [2.45, 2.75) is 6.92 Å². The Morgan fingerprint density at radius 2 is 2.00 bits per heavy atom. The molecule has 0 bridgehead atoms. The quantitative estimate of drug-likeness (QED) is 0.767. The Morgan fingerprint density at radius 1 is 1.16 bits per heavy atom. The molecule has 0 atom stereocenters. The highest BCUT2D eigenvalue weighted by Crippen LogP contribution is 2.32. The van der Waals surface area contributed by atoms with Crippen molar-refractivity contribution in [3.05, 3.63) is 53.9 Å². The summed E-state index contributed by atoms with van der Waals surface area (Å²) in [5.41, 5.74) is 2.64. The Kier molecular flexibility index (Phi) is 4.65. The van der Waals surface area contributed by atoms with Gasteiger partial charge in [-0.1, -0.05) is 12.1 Å². The fourth-order valence-corrected chi connectivity index (χ4v) is 2.44. The van der Waals surface area contributed by atoms with E-state index >= 15 is 0 Å². The standard InChI is InChI=1S/C18H17N3O4/c1-11-7-8-12(18-21-19-10-25-18)9-14(11)20-17(22)13-5-4-6-15(23-2)16(13)24-3/h4-10H,1-3H3,(H,20,22). The minimum absolute atomic E-state index is 0.304. The number of methoxy groups -OCH3 is 2. The van der Waals surface area contributed by atoms with Crippen LogP contribution in [0.1, 0.15) is 15.9 Å². The highest BCUT2D eigenvalue weighted by molar-refractivity contribution is 6.07. The van der Waals surface area contributed by atoms with E-state index in [0.717, 1.165) is 11.1 Å². The molecule has 0 aliphatic carbocycles. The molecule has 0 saturated carbocycles. The van der Waals surface area contributed by atoms with E-state index in [1.165, 1.54) is 20.6 Å². The smallest absolute Gasteiger partial charge is 0.259 e. The van der Waals surface area contributed by atoms with Crippen LogP contribution in [-0.2, 0) is 0 Å². The van der Waals surface area contributed by atoms with Gasteiger partial charge in [-0.25, -0.2) is 0 Å². The summed E-state index contributed by atoms with van der Waals surface area (Å²) in [6.07, 6.45) is 1.26. The number of nitrogens with zero attached hydrogens (tertiary/aromatic N) is 2. The Balaban J connectivity index is 1.93. The first kappa shape index (κ1) is 16.5. The van der Waals surface area contributed by atoms with E-state index < -0.39 is 0 Å². The molecule has 7 nitrogen and oxygen atoms in total. The average Bonchev–Trinajstić information content (AvgIpc) is 3.17. The SMILES string of the molecule is COc1cccc(C(=O)Nc2cc(-c3nnco3)ccc2C)c1OC. The largest absolute Gasteiger partial charge is 0.493 e. The Morgan fingerprint density at radius 3 is 2.68 bits per heavy atom. The summed E-state index contributed by atoms with van der Waals surface area (Å²) in [6.45, 7) is 1.90. The number of amides is 1. The first-order valence-corrected chi connectivity index (χ1v) is 7.53. The van der Waals surface area contributed by atoms with Crippen molar-refractivity contribution in [3.8, 4) is 23.0 Å². The minimum atomic E-state index is -0.304. The molecule has 0 unspecified atom stereocenters. The number of carbonyl (C=O) groups excluding carboxylic acids is 1. The van der Waals surface area contributed by atoms with Crippen LogP contribution in [0.5, 0.6) is 11.5 Å². The summed E-state index contributed by atoms with van der Waals surface area (Å²) in [6, 6.07) is 10.7. The fraction of sp³-hybridized carbons (Fsp3) is 0.167. The lowest BCUT2D eigenvalue weighted by molar-refractivity contribution is 0.102. The molecular weight excluding hydrogens is 322 g/mol. The molecule has 0 saturated heterocycles. The van der Waals surface area contributed by atoms with Gasteiger partial charge >= 0.3 is 0 Å². The minimum Gasteiger partial charge on any atom is -0.493 e. The van der Waals surface area contributed by atoms with Crippen LogP contribution < -0.4 is 14.8 Å². The van der Waals surface area contributed by atoms with Crippen molar-refractivity contribution < 1.29 is 18.7 Å². The molecule has 128 valence electrons. The monoisotopic (exact) mass is 339 g/mol. The van der Waals surface area contributed by atoms with E-state index in [-0.39, 0.29) is 5.91 Å². The number of aromatic nitrogens is 2. The van der Waals surface area contributed by atoms with Crippen LogP contribution in [0.2, 0.25) is 0 Å². The van der Waals surface area contributed by atoms with Crippen LogP contribution in [0, 0.1) is 6.92 Å². The van der Waals surface area contributed by atoms with Crippen LogP contribution >= 0.6 is 0 Å². The van der Waals surface area contributed by atoms with Gasteiger partial charge in [-0.15, -0.1) is 10.2 Å². The molecule has 0 spiro atoms. The molecule has 25 heavy (non-hydrogen) atoms. The molecule has 1 N–H and O–H groups in total. The number of rotatable bonds is 5. The van der Waals surface area contributed by atoms with E-state index in [4.69, 9.17) is 13.9 Å². The van der Waals surface area contributed by atoms with Gasteiger partial charge in [0.25, 0.3) is 5.91 Å². The topological polar surface area (TPSA) is 86.5 Å². The predicted molar refractivity (Wildman–Crippen MR) is 92.0 cm³/mol. The number of anilines is 1. The second kappa shape index (κ2) is 7.04. The molecule has 3 rings (SSSR count). The lowest BCUT2D eigenvalue weighted by atomic mass is 10.1. The highest BCUT2D eigenvalue weighted by atomic mass is 16.5. The van der Waals surface area contributed by atoms with E-state index in [9.17, 15) is 4.79 Å². The Bertz CT molecular complexity index is 891. The molecule has 1 amide bonds. The van der Waals surface area contributed by atoms with Gasteiger partial charge in [0, 0.05) is 11.3 Å². The van der Waals surface area contributed by atoms with Gasteiger partial charge in [0.2, 0.25) is 12.3 Å². The molecule has 0 fully saturated rings. The van der Waals surface area contributed by atoms with E-state index in [2.05, 4.69) is 15.5 Å². The fourth-order valence-electron chi connectivity index (χ4n) is 2.44. The number of hydrogen-bond acceptors (Lipinski definition) is 6. The summed E-state index contributed by atoms with van der Waals surface area (Å²) in [7, 11) is 3.02. The number of ether oxygens (including phenoxy) is 2. The Labute approximate surface area is 144 Å². The molecule has 0 radical (unpaired) electrons. The molecule has 1 heterocycles. The maximum atomic E-state index is 12.7. The van der Waals surface area contributed by atoms with Gasteiger partial charge in [-0.2, -0.15) is 0 Å². The van der Waals surface area contributed by atoms with Gasteiger partial charge in [0.15, 0.2) is 11.5 Å². The highest BCUT2D eigenvalue weighted by Gasteiger charge is 2.17. The van der Waals surface area contributed by atoms with Gasteiger partial charge in [-0.3, -0.25) is 4.79 Å². The second-order valence-electron chi connectivity index (χ2n) is 5.27. The van der Waals surface area contributed by atoms with Crippen molar-refractivity contribution in [1.82, 2.24) is 10.2 Å². The third-order valence-electron chi connectivity index (χ3n) is 3.74. The number of hydrogen-bond donors (Lipinski definition) is 1. The molecular formula is C18H17N3O4. The molecule has 2 aromatic carbocycles. The van der Waals surface area contributed by atoms with Crippen LogP contribution in [-0.4, -0.2) is 30.3 Å². The summed E-state index contributed by atoms with van der Waals surface area (Å²) in [5.74, 6) is 0.954.